The van der Waals surface area contributed by atoms with Crippen LogP contribution < -0.4 is 14.8 Å². The number of nitrogens with one attached hydrogen (secondary N) is 2. The van der Waals surface area contributed by atoms with Crippen molar-refractivity contribution in [3.8, 4) is 11.5 Å². The van der Waals surface area contributed by atoms with Crippen LogP contribution in [0.2, 0.25) is 0 Å². The highest BCUT2D eigenvalue weighted by atomic mass is 16.5. The second kappa shape index (κ2) is 7.04. The minimum Gasteiger partial charge on any atom is -0.497 e. The monoisotopic (exact) mass is 346 g/mol. The van der Waals surface area contributed by atoms with E-state index in [1.165, 1.54) is 0 Å². The molecule has 0 spiro atoms. The highest BCUT2D eigenvalue weighted by Crippen LogP contribution is 2.32. The molecule has 1 aliphatic rings. The number of rotatable bonds is 5. The van der Waals surface area contributed by atoms with Crippen LogP contribution in [0.5, 0.6) is 11.5 Å². The molecule has 2 aromatic rings. The standard InChI is InChI=1S/C18H22N2O5/c1-24-10-7-14-12(16(8-10)25-2)9-15(19-14)17(21)20-13-6-4-3-5-11(13)18(22)23/h7-9,11,13,19H,3-6H2,1-2H3,(H,20,21)(H,22,23). The summed E-state index contributed by atoms with van der Waals surface area (Å²) in [5.74, 6) is -0.470. The zero-order valence-electron chi connectivity index (χ0n) is 14.3. The fraction of sp³-hybridized carbons (Fsp3) is 0.444. The number of aliphatic carboxylic acids is 1. The van der Waals surface area contributed by atoms with Gasteiger partial charge in [0.15, 0.2) is 0 Å². The molecule has 0 aliphatic heterocycles. The van der Waals surface area contributed by atoms with Crippen LogP contribution in [0.4, 0.5) is 0 Å². The van der Waals surface area contributed by atoms with E-state index in [1.54, 1.807) is 32.4 Å². The molecule has 1 fully saturated rings. The van der Waals surface area contributed by atoms with E-state index in [0.29, 0.717) is 30.0 Å². The number of methoxy groups -OCH3 is 2. The maximum Gasteiger partial charge on any atom is 0.308 e. The largest absolute Gasteiger partial charge is 0.497 e. The third-order valence-corrected chi connectivity index (χ3v) is 4.77. The summed E-state index contributed by atoms with van der Waals surface area (Å²) in [6.45, 7) is 0. The molecule has 2 unspecified atom stereocenters. The second-order valence-corrected chi connectivity index (χ2v) is 6.28. The molecule has 7 heteroatoms. The van der Waals surface area contributed by atoms with Crippen molar-refractivity contribution in [2.45, 2.75) is 31.7 Å². The molecule has 3 N–H and O–H groups in total. The lowest BCUT2D eigenvalue weighted by Crippen LogP contribution is -2.45. The van der Waals surface area contributed by atoms with Gasteiger partial charge in [0.1, 0.15) is 17.2 Å². The third kappa shape index (κ3) is 3.40. The molecule has 1 heterocycles. The molecule has 1 aromatic heterocycles. The number of aromatic amines is 1. The number of carbonyl (C=O) groups is 2. The Hall–Kier alpha value is -2.70. The second-order valence-electron chi connectivity index (χ2n) is 6.28. The van der Waals surface area contributed by atoms with E-state index < -0.39 is 11.9 Å². The fourth-order valence-electron chi connectivity index (χ4n) is 3.43. The van der Waals surface area contributed by atoms with Gasteiger partial charge in [0.05, 0.1) is 25.7 Å². The number of H-pyrrole nitrogens is 1. The van der Waals surface area contributed by atoms with Gasteiger partial charge in [-0.3, -0.25) is 9.59 Å². The van der Waals surface area contributed by atoms with Gasteiger partial charge in [0.25, 0.3) is 5.91 Å². The van der Waals surface area contributed by atoms with Gasteiger partial charge in [0, 0.05) is 23.6 Å². The topological polar surface area (TPSA) is 101 Å². The van der Waals surface area contributed by atoms with Gasteiger partial charge in [-0.25, -0.2) is 0 Å². The van der Waals surface area contributed by atoms with Crippen molar-refractivity contribution < 1.29 is 24.2 Å². The minimum atomic E-state index is -0.854. The molecular weight excluding hydrogens is 324 g/mol. The van der Waals surface area contributed by atoms with Gasteiger partial charge in [0.2, 0.25) is 0 Å². The number of carboxylic acid groups (broad SMARTS) is 1. The lowest BCUT2D eigenvalue weighted by Gasteiger charge is -2.29. The number of fused-ring (bicyclic) bond motifs is 1. The number of amides is 1. The van der Waals surface area contributed by atoms with Crippen LogP contribution in [0, 0.1) is 5.92 Å². The van der Waals surface area contributed by atoms with E-state index >= 15 is 0 Å². The van der Waals surface area contributed by atoms with Crippen LogP contribution in [0.15, 0.2) is 18.2 Å². The molecule has 0 saturated heterocycles. The Balaban J connectivity index is 1.85. The number of ether oxygens (including phenoxy) is 2. The van der Waals surface area contributed by atoms with Crippen molar-refractivity contribution in [3.63, 3.8) is 0 Å². The quantitative estimate of drug-likeness (QED) is 0.772. The first-order valence-electron chi connectivity index (χ1n) is 8.32. The molecular formula is C18H22N2O5. The zero-order valence-corrected chi connectivity index (χ0v) is 14.3. The average molecular weight is 346 g/mol. The molecule has 3 rings (SSSR count). The number of hydrogen-bond acceptors (Lipinski definition) is 4. The zero-order chi connectivity index (χ0) is 18.0. The number of benzene rings is 1. The molecule has 1 aliphatic carbocycles. The summed E-state index contributed by atoms with van der Waals surface area (Å²) >= 11 is 0. The Bertz CT molecular complexity index is 798. The van der Waals surface area contributed by atoms with E-state index in [0.717, 1.165) is 23.7 Å². The summed E-state index contributed by atoms with van der Waals surface area (Å²) in [6, 6.07) is 4.90. The fourth-order valence-corrected chi connectivity index (χ4v) is 3.43. The summed E-state index contributed by atoms with van der Waals surface area (Å²) in [5.41, 5.74) is 1.09. The van der Waals surface area contributed by atoms with E-state index in [2.05, 4.69) is 10.3 Å². The van der Waals surface area contributed by atoms with Crippen molar-refractivity contribution in [3.05, 3.63) is 23.9 Å². The Kier molecular flexibility index (Phi) is 4.83. The Morgan fingerprint density at radius 3 is 2.60 bits per heavy atom. The van der Waals surface area contributed by atoms with Crippen LogP contribution in [-0.4, -0.2) is 42.2 Å². The lowest BCUT2D eigenvalue weighted by molar-refractivity contribution is -0.143. The van der Waals surface area contributed by atoms with Gasteiger partial charge >= 0.3 is 5.97 Å². The maximum absolute atomic E-state index is 12.6. The predicted molar refractivity (Wildman–Crippen MR) is 92.3 cm³/mol. The van der Waals surface area contributed by atoms with Gasteiger partial charge < -0.3 is 24.9 Å². The van der Waals surface area contributed by atoms with Crippen LogP contribution in [0.3, 0.4) is 0 Å². The number of carboxylic acids is 1. The summed E-state index contributed by atoms with van der Waals surface area (Å²) in [5, 5.41) is 13.0. The number of carbonyl (C=O) groups excluding carboxylic acids is 1. The molecule has 134 valence electrons. The highest BCUT2D eigenvalue weighted by Gasteiger charge is 2.32. The molecule has 0 radical (unpaired) electrons. The Morgan fingerprint density at radius 2 is 1.92 bits per heavy atom. The molecule has 7 nitrogen and oxygen atoms in total. The van der Waals surface area contributed by atoms with Crippen molar-refractivity contribution >= 4 is 22.8 Å². The average Bonchev–Trinajstić information content (AvgIpc) is 3.05. The van der Waals surface area contributed by atoms with E-state index in [4.69, 9.17) is 9.47 Å². The predicted octanol–water partition coefficient (Wildman–Crippen LogP) is 2.56. The SMILES string of the molecule is COc1cc(OC)c2cc(C(=O)NC3CCCCC3C(=O)O)[nH]c2c1. The Morgan fingerprint density at radius 1 is 1.16 bits per heavy atom. The summed E-state index contributed by atoms with van der Waals surface area (Å²) in [4.78, 5) is 27.0. The Labute approximate surface area is 145 Å². The van der Waals surface area contributed by atoms with E-state index in [9.17, 15) is 14.7 Å². The summed E-state index contributed by atoms with van der Waals surface area (Å²) < 4.78 is 10.6. The minimum absolute atomic E-state index is 0.310. The summed E-state index contributed by atoms with van der Waals surface area (Å²) in [6.07, 6.45) is 3.08. The lowest BCUT2D eigenvalue weighted by atomic mass is 9.84. The molecule has 25 heavy (non-hydrogen) atoms. The molecule has 2 atom stereocenters. The van der Waals surface area contributed by atoms with Gasteiger partial charge in [-0.15, -0.1) is 0 Å². The first-order chi connectivity index (χ1) is 12.0. The maximum atomic E-state index is 12.6. The highest BCUT2D eigenvalue weighted by molar-refractivity contribution is 6.00. The molecule has 0 bridgehead atoms. The molecule has 1 saturated carbocycles. The smallest absolute Gasteiger partial charge is 0.308 e. The first kappa shape index (κ1) is 17.1. The molecule has 1 aromatic carbocycles. The van der Waals surface area contributed by atoms with Gasteiger partial charge in [-0.2, -0.15) is 0 Å². The van der Waals surface area contributed by atoms with Crippen LogP contribution in [-0.2, 0) is 4.79 Å². The van der Waals surface area contributed by atoms with Gasteiger partial charge in [-0.05, 0) is 18.9 Å². The van der Waals surface area contributed by atoms with Crippen molar-refractivity contribution in [2.75, 3.05) is 14.2 Å². The first-order valence-corrected chi connectivity index (χ1v) is 8.32. The van der Waals surface area contributed by atoms with Crippen LogP contribution >= 0.6 is 0 Å². The van der Waals surface area contributed by atoms with Gasteiger partial charge in [-0.1, -0.05) is 12.8 Å². The number of hydrogen-bond donors (Lipinski definition) is 3. The molecule has 1 amide bonds. The van der Waals surface area contributed by atoms with Crippen molar-refractivity contribution in [1.29, 1.82) is 0 Å². The van der Waals surface area contributed by atoms with Crippen molar-refractivity contribution in [2.24, 2.45) is 5.92 Å². The van der Waals surface area contributed by atoms with Crippen LogP contribution in [0.25, 0.3) is 10.9 Å². The third-order valence-electron chi connectivity index (χ3n) is 4.77. The number of aromatic nitrogens is 1. The van der Waals surface area contributed by atoms with E-state index in [1.807, 2.05) is 0 Å². The van der Waals surface area contributed by atoms with Crippen LogP contribution in [0.1, 0.15) is 36.2 Å². The van der Waals surface area contributed by atoms with Crippen molar-refractivity contribution in [1.82, 2.24) is 10.3 Å². The van der Waals surface area contributed by atoms with E-state index in [-0.39, 0.29) is 11.9 Å². The normalized spacial score (nSPS) is 20.2. The summed E-state index contributed by atoms with van der Waals surface area (Å²) in [7, 11) is 3.12.